The second-order valence-electron chi connectivity index (χ2n) is 5.07. The predicted octanol–water partition coefficient (Wildman–Crippen LogP) is 2.34. The number of nitrogens with two attached hydrogens (primary N) is 1. The minimum absolute atomic E-state index is 0.0498. The van der Waals surface area contributed by atoms with Gasteiger partial charge in [0.05, 0.1) is 18.7 Å². The molecule has 0 aromatic heterocycles. The average molecular weight is 262 g/mol. The second kappa shape index (κ2) is 7.02. The number of nitrogens with one attached hydrogen (secondary N) is 1. The molecule has 0 spiro atoms. The first kappa shape index (κ1) is 13.7. The molecule has 0 radical (unpaired) electrons. The van der Waals surface area contributed by atoms with Crippen molar-refractivity contribution in [1.29, 1.82) is 0 Å². The Morgan fingerprint density at radius 3 is 2.84 bits per heavy atom. The van der Waals surface area contributed by atoms with E-state index in [9.17, 15) is 4.79 Å². The van der Waals surface area contributed by atoms with Gasteiger partial charge < -0.3 is 15.8 Å². The molecular formula is C15H22N2O2. The third-order valence-corrected chi connectivity index (χ3v) is 3.61. The highest BCUT2D eigenvalue weighted by atomic mass is 16.5. The summed E-state index contributed by atoms with van der Waals surface area (Å²) in [6.45, 7) is 1.15. The van der Waals surface area contributed by atoms with E-state index in [2.05, 4.69) is 5.32 Å². The van der Waals surface area contributed by atoms with Crippen molar-refractivity contribution in [2.24, 2.45) is 5.92 Å². The summed E-state index contributed by atoms with van der Waals surface area (Å²) in [7, 11) is 0. The van der Waals surface area contributed by atoms with Crippen LogP contribution in [0.2, 0.25) is 0 Å². The zero-order chi connectivity index (χ0) is 13.5. The lowest BCUT2D eigenvalue weighted by atomic mass is 9.83. The lowest BCUT2D eigenvalue weighted by molar-refractivity contribution is -0.121. The molecule has 2 rings (SSSR count). The van der Waals surface area contributed by atoms with Crippen molar-refractivity contribution in [3.05, 3.63) is 24.3 Å². The quantitative estimate of drug-likeness (QED) is 0.741. The third-order valence-electron chi connectivity index (χ3n) is 3.61. The smallest absolute Gasteiger partial charge is 0.223 e. The Morgan fingerprint density at radius 1 is 1.37 bits per heavy atom. The minimum Gasteiger partial charge on any atom is -0.491 e. The van der Waals surface area contributed by atoms with Crippen LogP contribution in [0.15, 0.2) is 24.3 Å². The van der Waals surface area contributed by atoms with Crippen molar-refractivity contribution in [1.82, 2.24) is 5.32 Å². The number of ether oxygens (including phenoxy) is 1. The summed E-state index contributed by atoms with van der Waals surface area (Å²) in [6, 6.07) is 7.32. The van der Waals surface area contributed by atoms with E-state index in [1.807, 2.05) is 18.2 Å². The molecule has 1 aromatic carbocycles. The number of hydrogen-bond acceptors (Lipinski definition) is 3. The molecule has 0 bridgehead atoms. The standard InChI is InChI=1S/C15H22N2O2/c16-13-6-1-2-7-14(13)19-11-9-15(18)17-10-8-12-4-3-5-12/h1-2,6-7,12H,3-5,8-11,16H2,(H,17,18). The van der Waals surface area contributed by atoms with Gasteiger partial charge in [-0.15, -0.1) is 0 Å². The minimum atomic E-state index is 0.0498. The van der Waals surface area contributed by atoms with Gasteiger partial charge in [-0.2, -0.15) is 0 Å². The molecule has 0 heterocycles. The van der Waals surface area contributed by atoms with Crippen molar-refractivity contribution in [3.8, 4) is 5.75 Å². The van der Waals surface area contributed by atoms with Gasteiger partial charge in [-0.1, -0.05) is 31.4 Å². The molecule has 19 heavy (non-hydrogen) atoms. The number of anilines is 1. The summed E-state index contributed by atoms with van der Waals surface area (Å²) in [5, 5.41) is 2.93. The normalized spacial score (nSPS) is 14.7. The molecule has 1 fully saturated rings. The van der Waals surface area contributed by atoms with Crippen molar-refractivity contribution in [2.75, 3.05) is 18.9 Å². The zero-order valence-corrected chi connectivity index (χ0v) is 11.2. The van der Waals surface area contributed by atoms with Crippen molar-refractivity contribution in [2.45, 2.75) is 32.1 Å². The zero-order valence-electron chi connectivity index (χ0n) is 11.2. The van der Waals surface area contributed by atoms with Crippen LogP contribution in [0, 0.1) is 5.92 Å². The first-order valence-corrected chi connectivity index (χ1v) is 6.99. The van der Waals surface area contributed by atoms with E-state index in [0.29, 0.717) is 24.5 Å². The maximum Gasteiger partial charge on any atom is 0.223 e. The summed E-state index contributed by atoms with van der Waals surface area (Å²) in [6.07, 6.45) is 5.49. The number of amides is 1. The molecule has 3 N–H and O–H groups in total. The summed E-state index contributed by atoms with van der Waals surface area (Å²) in [5.41, 5.74) is 6.35. The number of para-hydroxylation sites is 2. The number of rotatable bonds is 7. The molecule has 1 aliphatic rings. The molecule has 1 amide bonds. The molecule has 4 heteroatoms. The Hall–Kier alpha value is -1.71. The summed E-state index contributed by atoms with van der Waals surface area (Å²) >= 11 is 0. The fourth-order valence-corrected chi connectivity index (χ4v) is 2.15. The van der Waals surface area contributed by atoms with Crippen LogP contribution in [0.1, 0.15) is 32.1 Å². The highest BCUT2D eigenvalue weighted by molar-refractivity contribution is 5.75. The Balaban J connectivity index is 1.57. The fraction of sp³-hybridized carbons (Fsp3) is 0.533. The van der Waals surface area contributed by atoms with Gasteiger partial charge in [0.15, 0.2) is 0 Å². The number of hydrogen-bond donors (Lipinski definition) is 2. The van der Waals surface area contributed by atoms with Gasteiger partial charge in [-0.25, -0.2) is 0 Å². The molecule has 0 atom stereocenters. The maximum absolute atomic E-state index is 11.6. The van der Waals surface area contributed by atoms with Crippen LogP contribution in [0.3, 0.4) is 0 Å². The number of nitrogen functional groups attached to an aromatic ring is 1. The van der Waals surface area contributed by atoms with Crippen LogP contribution >= 0.6 is 0 Å². The topological polar surface area (TPSA) is 64.3 Å². The predicted molar refractivity (Wildman–Crippen MR) is 75.9 cm³/mol. The van der Waals surface area contributed by atoms with Crippen molar-refractivity contribution in [3.63, 3.8) is 0 Å². The monoisotopic (exact) mass is 262 g/mol. The van der Waals surface area contributed by atoms with E-state index in [0.717, 1.165) is 18.9 Å². The summed E-state index contributed by atoms with van der Waals surface area (Å²) in [5.74, 6) is 1.53. The maximum atomic E-state index is 11.6. The third kappa shape index (κ3) is 4.47. The molecule has 0 saturated heterocycles. The highest BCUT2D eigenvalue weighted by Crippen LogP contribution is 2.28. The molecule has 1 saturated carbocycles. The van der Waals surface area contributed by atoms with Gasteiger partial charge in [-0.05, 0) is 24.5 Å². The number of carbonyl (C=O) groups is 1. The van der Waals surface area contributed by atoms with Gasteiger partial charge in [0.25, 0.3) is 0 Å². The van der Waals surface area contributed by atoms with E-state index in [1.165, 1.54) is 19.3 Å². The molecule has 104 valence electrons. The molecule has 4 nitrogen and oxygen atoms in total. The van der Waals surface area contributed by atoms with Gasteiger partial charge >= 0.3 is 0 Å². The summed E-state index contributed by atoms with van der Waals surface area (Å²) in [4.78, 5) is 11.6. The lowest BCUT2D eigenvalue weighted by Gasteiger charge is -2.25. The first-order chi connectivity index (χ1) is 9.25. The van der Waals surface area contributed by atoms with Gasteiger partial charge in [0, 0.05) is 6.54 Å². The van der Waals surface area contributed by atoms with Crippen molar-refractivity contribution < 1.29 is 9.53 Å². The van der Waals surface area contributed by atoms with E-state index < -0.39 is 0 Å². The molecule has 0 unspecified atom stereocenters. The highest BCUT2D eigenvalue weighted by Gasteiger charge is 2.16. The van der Waals surface area contributed by atoms with Gasteiger partial charge in [0.1, 0.15) is 5.75 Å². The molecule has 1 aromatic rings. The van der Waals surface area contributed by atoms with Gasteiger partial charge in [-0.3, -0.25) is 4.79 Å². The van der Waals surface area contributed by atoms with E-state index in [4.69, 9.17) is 10.5 Å². The van der Waals surface area contributed by atoms with Crippen molar-refractivity contribution >= 4 is 11.6 Å². The fourth-order valence-electron chi connectivity index (χ4n) is 2.15. The average Bonchev–Trinajstić information content (AvgIpc) is 2.35. The molecular weight excluding hydrogens is 240 g/mol. The lowest BCUT2D eigenvalue weighted by Crippen LogP contribution is -2.28. The Bertz CT molecular complexity index is 416. The van der Waals surface area contributed by atoms with Crippen LogP contribution in [0.25, 0.3) is 0 Å². The Kier molecular flexibility index (Phi) is 5.07. The molecule has 0 aliphatic heterocycles. The number of carbonyl (C=O) groups excluding carboxylic acids is 1. The largest absolute Gasteiger partial charge is 0.491 e. The van der Waals surface area contributed by atoms with Crippen LogP contribution in [0.4, 0.5) is 5.69 Å². The van der Waals surface area contributed by atoms with Crippen LogP contribution in [0.5, 0.6) is 5.75 Å². The number of benzene rings is 1. The Labute approximate surface area is 114 Å². The van der Waals surface area contributed by atoms with Gasteiger partial charge in [0.2, 0.25) is 5.91 Å². The van der Waals surface area contributed by atoms with E-state index >= 15 is 0 Å². The molecule has 1 aliphatic carbocycles. The van der Waals surface area contributed by atoms with E-state index in [-0.39, 0.29) is 5.91 Å². The van der Waals surface area contributed by atoms with Crippen LogP contribution in [-0.2, 0) is 4.79 Å². The van der Waals surface area contributed by atoms with Crippen LogP contribution < -0.4 is 15.8 Å². The summed E-state index contributed by atoms with van der Waals surface area (Å²) < 4.78 is 5.48. The first-order valence-electron chi connectivity index (χ1n) is 6.99. The van der Waals surface area contributed by atoms with Crippen LogP contribution in [-0.4, -0.2) is 19.1 Å². The SMILES string of the molecule is Nc1ccccc1OCCC(=O)NCCC1CCC1. The Morgan fingerprint density at radius 2 is 2.16 bits per heavy atom. The van der Waals surface area contributed by atoms with E-state index in [1.54, 1.807) is 6.07 Å². The second-order valence-corrected chi connectivity index (χ2v) is 5.07.